The Hall–Kier alpha value is -4.13. The highest BCUT2D eigenvalue weighted by atomic mass is 35.5. The van der Waals surface area contributed by atoms with Crippen LogP contribution in [0.5, 0.6) is 0 Å². The first-order valence-electron chi connectivity index (χ1n) is 11.1. The third kappa shape index (κ3) is 4.00. The zero-order chi connectivity index (χ0) is 24.8. The SMILES string of the molecule is Cc1ccc(-c2ccc(C=Nn3c(-c4cc5cc(Cl)ccc5o4)nc4ccccc4c3=O)o2)cc1Cl. The van der Waals surface area contributed by atoms with Gasteiger partial charge in [-0.3, -0.25) is 4.79 Å². The molecule has 0 saturated carbocycles. The second-order valence-electron chi connectivity index (χ2n) is 8.27. The Labute approximate surface area is 215 Å². The minimum atomic E-state index is -0.331. The van der Waals surface area contributed by atoms with Gasteiger partial charge in [0.15, 0.2) is 5.76 Å². The van der Waals surface area contributed by atoms with E-state index in [1.807, 2.05) is 37.3 Å². The summed E-state index contributed by atoms with van der Waals surface area (Å²) in [5.74, 6) is 1.75. The third-order valence-corrected chi connectivity index (χ3v) is 6.48. The van der Waals surface area contributed by atoms with Crippen LogP contribution < -0.4 is 5.56 Å². The van der Waals surface area contributed by atoms with Gasteiger partial charge in [-0.1, -0.05) is 47.5 Å². The van der Waals surface area contributed by atoms with Gasteiger partial charge in [0, 0.05) is 21.0 Å². The smallest absolute Gasteiger partial charge is 0.282 e. The summed E-state index contributed by atoms with van der Waals surface area (Å²) in [6.45, 7) is 1.94. The lowest BCUT2D eigenvalue weighted by Gasteiger charge is -2.06. The number of aryl methyl sites for hydroxylation is 1. The van der Waals surface area contributed by atoms with Crippen molar-refractivity contribution in [3.63, 3.8) is 0 Å². The van der Waals surface area contributed by atoms with Crippen LogP contribution in [0.25, 0.3) is 44.8 Å². The maximum atomic E-state index is 13.4. The zero-order valence-electron chi connectivity index (χ0n) is 18.9. The minimum Gasteiger partial charge on any atom is -0.455 e. The van der Waals surface area contributed by atoms with E-state index in [1.54, 1.807) is 48.5 Å². The van der Waals surface area contributed by atoms with Crippen molar-refractivity contribution >= 4 is 51.3 Å². The average molecular weight is 514 g/mol. The summed E-state index contributed by atoms with van der Waals surface area (Å²) in [6.07, 6.45) is 1.47. The van der Waals surface area contributed by atoms with Crippen LogP contribution in [0.2, 0.25) is 10.0 Å². The largest absolute Gasteiger partial charge is 0.455 e. The van der Waals surface area contributed by atoms with Crippen LogP contribution in [-0.2, 0) is 0 Å². The normalized spacial score (nSPS) is 11.8. The van der Waals surface area contributed by atoms with Crippen molar-refractivity contribution in [2.75, 3.05) is 0 Å². The van der Waals surface area contributed by atoms with Gasteiger partial charge in [-0.2, -0.15) is 9.78 Å². The van der Waals surface area contributed by atoms with Crippen LogP contribution in [0.4, 0.5) is 0 Å². The van der Waals surface area contributed by atoms with Crippen LogP contribution in [0.1, 0.15) is 11.3 Å². The Morgan fingerprint density at radius 2 is 1.78 bits per heavy atom. The monoisotopic (exact) mass is 513 g/mol. The zero-order valence-corrected chi connectivity index (χ0v) is 20.4. The summed E-state index contributed by atoms with van der Waals surface area (Å²) in [5.41, 5.74) is 2.66. The van der Waals surface area contributed by atoms with Crippen molar-refractivity contribution < 1.29 is 8.83 Å². The molecule has 8 heteroatoms. The molecule has 0 saturated heterocycles. The molecule has 0 N–H and O–H groups in total. The third-order valence-electron chi connectivity index (χ3n) is 5.84. The fourth-order valence-corrected chi connectivity index (χ4v) is 4.31. The van der Waals surface area contributed by atoms with Gasteiger partial charge in [0.25, 0.3) is 5.56 Å². The standard InChI is InChI=1S/C28H17Cl2N3O3/c1-16-6-7-17(13-22(16)30)24-11-9-20(35-24)15-31-33-27(32-23-5-3-2-4-21(23)28(33)34)26-14-18-12-19(29)8-10-25(18)36-26/h2-15H,1H3. The van der Waals surface area contributed by atoms with Crippen molar-refractivity contribution in [2.24, 2.45) is 5.10 Å². The van der Waals surface area contributed by atoms with Crippen molar-refractivity contribution in [2.45, 2.75) is 6.92 Å². The van der Waals surface area contributed by atoms with Gasteiger partial charge in [0.05, 0.1) is 17.1 Å². The summed E-state index contributed by atoms with van der Waals surface area (Å²) in [6, 6.07) is 23.5. The fraction of sp³-hybridized carbons (Fsp3) is 0.0357. The lowest BCUT2D eigenvalue weighted by Crippen LogP contribution is -2.20. The van der Waals surface area contributed by atoms with E-state index in [4.69, 9.17) is 32.0 Å². The van der Waals surface area contributed by atoms with Gasteiger partial charge in [0.2, 0.25) is 5.82 Å². The Balaban J connectivity index is 1.46. The number of aromatic nitrogens is 2. The molecule has 0 bridgehead atoms. The molecule has 3 heterocycles. The molecule has 0 amide bonds. The number of benzene rings is 3. The molecule has 6 rings (SSSR count). The molecule has 3 aromatic carbocycles. The second-order valence-corrected chi connectivity index (χ2v) is 9.12. The molecule has 0 atom stereocenters. The van der Waals surface area contributed by atoms with E-state index < -0.39 is 0 Å². The van der Waals surface area contributed by atoms with E-state index in [9.17, 15) is 4.79 Å². The Kier molecular flexibility index (Phi) is 5.48. The number of rotatable bonds is 4. The molecule has 0 spiro atoms. The highest BCUT2D eigenvalue weighted by molar-refractivity contribution is 6.31. The van der Waals surface area contributed by atoms with Gasteiger partial charge in [-0.25, -0.2) is 4.98 Å². The van der Waals surface area contributed by atoms with Crippen LogP contribution in [-0.4, -0.2) is 15.9 Å². The molecule has 0 radical (unpaired) electrons. The molecule has 0 aliphatic heterocycles. The molecule has 36 heavy (non-hydrogen) atoms. The minimum absolute atomic E-state index is 0.263. The molecule has 6 nitrogen and oxygen atoms in total. The van der Waals surface area contributed by atoms with Crippen LogP contribution in [0.3, 0.4) is 0 Å². The average Bonchev–Trinajstić information content (AvgIpc) is 3.52. The van der Waals surface area contributed by atoms with Gasteiger partial charge < -0.3 is 8.83 Å². The predicted molar refractivity (Wildman–Crippen MR) is 143 cm³/mol. The number of furan rings is 2. The van der Waals surface area contributed by atoms with E-state index in [2.05, 4.69) is 10.1 Å². The highest BCUT2D eigenvalue weighted by Crippen LogP contribution is 2.30. The Morgan fingerprint density at radius 3 is 2.64 bits per heavy atom. The molecular weight excluding hydrogens is 497 g/mol. The predicted octanol–water partition coefficient (Wildman–Crippen LogP) is 7.57. The highest BCUT2D eigenvalue weighted by Gasteiger charge is 2.17. The summed E-state index contributed by atoms with van der Waals surface area (Å²) in [5, 5.41) is 6.91. The number of hydrogen-bond donors (Lipinski definition) is 0. The molecule has 0 aliphatic rings. The number of halogens is 2. The van der Waals surface area contributed by atoms with Crippen molar-refractivity contribution in [3.8, 4) is 22.9 Å². The first-order chi connectivity index (χ1) is 17.5. The molecule has 0 unspecified atom stereocenters. The maximum absolute atomic E-state index is 13.4. The van der Waals surface area contributed by atoms with Crippen LogP contribution in [0.15, 0.2) is 97.6 Å². The lowest BCUT2D eigenvalue weighted by atomic mass is 10.1. The van der Waals surface area contributed by atoms with E-state index in [0.717, 1.165) is 16.5 Å². The first-order valence-corrected chi connectivity index (χ1v) is 11.8. The number of hydrogen-bond acceptors (Lipinski definition) is 5. The van der Waals surface area contributed by atoms with Crippen LogP contribution >= 0.6 is 23.2 Å². The quantitative estimate of drug-likeness (QED) is 0.228. The molecule has 6 aromatic rings. The van der Waals surface area contributed by atoms with Crippen LogP contribution in [0, 0.1) is 6.92 Å². The summed E-state index contributed by atoms with van der Waals surface area (Å²) in [7, 11) is 0. The molecule has 0 aliphatic carbocycles. The van der Waals surface area contributed by atoms with Crippen molar-refractivity contribution in [3.05, 3.63) is 111 Å². The number of nitrogens with zero attached hydrogens (tertiary/aromatic N) is 3. The Bertz CT molecular complexity index is 1860. The molecular formula is C28H17Cl2N3O3. The summed E-state index contributed by atoms with van der Waals surface area (Å²) < 4.78 is 13.2. The van der Waals surface area contributed by atoms with E-state index in [1.165, 1.54) is 10.9 Å². The van der Waals surface area contributed by atoms with Gasteiger partial charge in [0.1, 0.15) is 17.1 Å². The molecule has 176 valence electrons. The van der Waals surface area contributed by atoms with E-state index >= 15 is 0 Å². The Morgan fingerprint density at radius 1 is 0.917 bits per heavy atom. The van der Waals surface area contributed by atoms with Gasteiger partial charge in [-0.15, -0.1) is 0 Å². The molecule has 0 fully saturated rings. The van der Waals surface area contributed by atoms with E-state index in [-0.39, 0.29) is 11.4 Å². The summed E-state index contributed by atoms with van der Waals surface area (Å²) in [4.78, 5) is 18.1. The van der Waals surface area contributed by atoms with Crippen molar-refractivity contribution in [1.29, 1.82) is 0 Å². The maximum Gasteiger partial charge on any atom is 0.282 e. The lowest BCUT2D eigenvalue weighted by molar-refractivity contribution is 0.573. The van der Waals surface area contributed by atoms with Gasteiger partial charge in [-0.05, 0) is 67.1 Å². The first kappa shape index (κ1) is 22.3. The fourth-order valence-electron chi connectivity index (χ4n) is 3.95. The molecule has 3 aromatic heterocycles. The van der Waals surface area contributed by atoms with Gasteiger partial charge >= 0.3 is 0 Å². The van der Waals surface area contributed by atoms with E-state index in [0.29, 0.717) is 43.8 Å². The topological polar surface area (TPSA) is 73.5 Å². The number of fused-ring (bicyclic) bond motifs is 2. The number of para-hydroxylation sites is 1. The second kappa shape index (κ2) is 8.82. The summed E-state index contributed by atoms with van der Waals surface area (Å²) >= 11 is 12.4. The van der Waals surface area contributed by atoms with Crippen molar-refractivity contribution in [1.82, 2.24) is 9.66 Å².